The Hall–Kier alpha value is -2.75. The minimum atomic E-state index is -0.103. The first kappa shape index (κ1) is 13.2. The number of para-hydroxylation sites is 1. The molecule has 1 amide bonds. The summed E-state index contributed by atoms with van der Waals surface area (Å²) < 4.78 is 0. The Morgan fingerprint density at radius 3 is 2.67 bits per heavy atom. The monoisotopic (exact) mass is 280 g/mol. The van der Waals surface area contributed by atoms with Gasteiger partial charge < -0.3 is 10.2 Å². The number of hydrogen-bond acceptors (Lipinski definition) is 3. The van der Waals surface area contributed by atoms with Gasteiger partial charge in [-0.15, -0.1) is 0 Å². The van der Waals surface area contributed by atoms with Gasteiger partial charge in [-0.2, -0.15) is 0 Å². The van der Waals surface area contributed by atoms with E-state index in [0.717, 1.165) is 12.0 Å². The number of nitrogens with one attached hydrogen (secondary N) is 2. The van der Waals surface area contributed by atoms with Crippen LogP contribution in [0.1, 0.15) is 11.1 Å². The average Bonchev–Trinajstić information content (AvgIpc) is 2.55. The molecular formula is C17H16N2O2. The van der Waals surface area contributed by atoms with Crippen molar-refractivity contribution in [1.29, 1.82) is 0 Å². The van der Waals surface area contributed by atoms with E-state index in [4.69, 9.17) is 4.84 Å². The van der Waals surface area contributed by atoms with Gasteiger partial charge in [0.15, 0.2) is 5.75 Å². The summed E-state index contributed by atoms with van der Waals surface area (Å²) in [6.45, 7) is 0.600. The second-order valence-electron chi connectivity index (χ2n) is 4.77. The maximum absolute atomic E-state index is 12.3. The van der Waals surface area contributed by atoms with Crippen molar-refractivity contribution in [3.63, 3.8) is 0 Å². The molecule has 0 saturated heterocycles. The molecule has 0 spiro atoms. The molecule has 0 fully saturated rings. The number of fused-ring (bicyclic) bond motifs is 1. The Morgan fingerprint density at radius 2 is 1.81 bits per heavy atom. The fourth-order valence-corrected chi connectivity index (χ4v) is 2.26. The summed E-state index contributed by atoms with van der Waals surface area (Å²) in [7, 11) is 0. The molecule has 106 valence electrons. The Balaban J connectivity index is 1.62. The summed E-state index contributed by atoms with van der Waals surface area (Å²) in [6.07, 6.45) is 2.39. The Labute approximate surface area is 123 Å². The number of amides is 1. The molecule has 21 heavy (non-hydrogen) atoms. The molecule has 0 atom stereocenters. The first-order valence-electron chi connectivity index (χ1n) is 6.88. The van der Waals surface area contributed by atoms with Gasteiger partial charge in [0, 0.05) is 18.3 Å². The van der Waals surface area contributed by atoms with Crippen molar-refractivity contribution in [1.82, 2.24) is 10.8 Å². The van der Waals surface area contributed by atoms with E-state index in [1.165, 1.54) is 5.56 Å². The average molecular weight is 280 g/mol. The summed E-state index contributed by atoms with van der Waals surface area (Å²) in [5, 5.41) is 2.94. The van der Waals surface area contributed by atoms with Crippen LogP contribution in [0.25, 0.3) is 5.57 Å². The highest BCUT2D eigenvalue weighted by Gasteiger charge is 2.19. The van der Waals surface area contributed by atoms with E-state index in [-0.39, 0.29) is 5.91 Å². The zero-order valence-electron chi connectivity index (χ0n) is 11.5. The van der Waals surface area contributed by atoms with E-state index in [2.05, 4.69) is 22.9 Å². The van der Waals surface area contributed by atoms with Gasteiger partial charge in [0.2, 0.25) is 0 Å². The van der Waals surface area contributed by atoms with E-state index < -0.39 is 0 Å². The largest absolute Gasteiger partial charge is 0.382 e. The maximum atomic E-state index is 12.3. The van der Waals surface area contributed by atoms with Crippen molar-refractivity contribution in [3.05, 3.63) is 71.9 Å². The highest BCUT2D eigenvalue weighted by atomic mass is 16.6. The minimum absolute atomic E-state index is 0.103. The second kappa shape index (κ2) is 6.13. The number of rotatable bonds is 4. The van der Waals surface area contributed by atoms with Crippen molar-refractivity contribution in [2.45, 2.75) is 6.42 Å². The van der Waals surface area contributed by atoms with Crippen molar-refractivity contribution in [2.75, 3.05) is 6.54 Å². The Bertz CT molecular complexity index is 666. The lowest BCUT2D eigenvalue weighted by Gasteiger charge is -2.18. The van der Waals surface area contributed by atoms with Crippen molar-refractivity contribution in [2.24, 2.45) is 0 Å². The fraction of sp³-hybridized carbons (Fsp3) is 0.118. The molecule has 4 nitrogen and oxygen atoms in total. The van der Waals surface area contributed by atoms with Gasteiger partial charge in [-0.3, -0.25) is 4.79 Å². The third-order valence-corrected chi connectivity index (χ3v) is 3.34. The van der Waals surface area contributed by atoms with Crippen molar-refractivity contribution in [3.8, 4) is 5.75 Å². The molecule has 0 radical (unpaired) electrons. The number of benzene rings is 2. The number of hydroxylamine groups is 1. The molecule has 0 aliphatic carbocycles. The van der Waals surface area contributed by atoms with Crippen LogP contribution in [0.5, 0.6) is 5.75 Å². The first-order chi connectivity index (χ1) is 10.3. The molecule has 0 unspecified atom stereocenters. The fourth-order valence-electron chi connectivity index (χ4n) is 2.26. The van der Waals surface area contributed by atoms with Crippen LogP contribution in [-0.2, 0) is 11.2 Å². The standard InChI is InChI=1S/C17H16N2O2/c20-17(18-11-10-13-6-2-1-3-7-13)15-12-19-21-16-9-5-4-8-14(15)16/h1-9,12,19H,10-11H2,(H,18,20). The highest BCUT2D eigenvalue weighted by Crippen LogP contribution is 2.27. The summed E-state index contributed by atoms with van der Waals surface area (Å²) >= 11 is 0. The van der Waals surface area contributed by atoms with E-state index in [9.17, 15) is 4.79 Å². The van der Waals surface area contributed by atoms with Gasteiger partial charge >= 0.3 is 0 Å². The third kappa shape index (κ3) is 3.05. The number of carbonyl (C=O) groups excluding carboxylic acids is 1. The molecule has 0 aromatic heterocycles. The third-order valence-electron chi connectivity index (χ3n) is 3.34. The Kier molecular flexibility index (Phi) is 3.87. The predicted molar refractivity (Wildman–Crippen MR) is 81.3 cm³/mol. The van der Waals surface area contributed by atoms with Crippen molar-refractivity contribution < 1.29 is 9.63 Å². The molecule has 1 heterocycles. The summed E-state index contributed by atoms with van der Waals surface area (Å²) in [6, 6.07) is 17.5. The zero-order chi connectivity index (χ0) is 14.5. The van der Waals surface area contributed by atoms with Gasteiger partial charge in [-0.1, -0.05) is 48.5 Å². The Morgan fingerprint density at radius 1 is 1.05 bits per heavy atom. The molecule has 1 aliphatic heterocycles. The van der Waals surface area contributed by atoms with Crippen LogP contribution in [0, 0.1) is 0 Å². The molecule has 3 rings (SSSR count). The van der Waals surface area contributed by atoms with Gasteiger partial charge in [0.1, 0.15) is 0 Å². The molecule has 2 aromatic carbocycles. The quantitative estimate of drug-likeness (QED) is 0.903. The van der Waals surface area contributed by atoms with Crippen LogP contribution in [0.2, 0.25) is 0 Å². The lowest BCUT2D eigenvalue weighted by atomic mass is 10.0. The van der Waals surface area contributed by atoms with E-state index in [1.54, 1.807) is 6.20 Å². The first-order valence-corrected chi connectivity index (χ1v) is 6.88. The maximum Gasteiger partial charge on any atom is 0.253 e. The predicted octanol–water partition coefficient (Wildman–Crippen LogP) is 2.28. The molecule has 4 heteroatoms. The molecule has 2 aromatic rings. The van der Waals surface area contributed by atoms with Gasteiger partial charge in [-0.05, 0) is 18.1 Å². The van der Waals surface area contributed by atoms with Crippen LogP contribution in [0.4, 0.5) is 0 Å². The van der Waals surface area contributed by atoms with Crippen LogP contribution >= 0.6 is 0 Å². The number of hydrogen-bond donors (Lipinski definition) is 2. The van der Waals surface area contributed by atoms with Crippen LogP contribution in [0.3, 0.4) is 0 Å². The molecule has 2 N–H and O–H groups in total. The lowest BCUT2D eigenvalue weighted by molar-refractivity contribution is -0.115. The topological polar surface area (TPSA) is 50.4 Å². The molecule has 1 aliphatic rings. The van der Waals surface area contributed by atoms with Gasteiger partial charge in [0.05, 0.1) is 5.57 Å². The summed E-state index contributed by atoms with van der Waals surface area (Å²) in [4.78, 5) is 17.5. The molecular weight excluding hydrogens is 264 g/mol. The van der Waals surface area contributed by atoms with Crippen molar-refractivity contribution >= 4 is 11.5 Å². The normalized spacial score (nSPS) is 12.5. The molecule has 0 bridgehead atoms. The zero-order valence-corrected chi connectivity index (χ0v) is 11.5. The highest BCUT2D eigenvalue weighted by molar-refractivity contribution is 6.20. The second-order valence-corrected chi connectivity index (χ2v) is 4.77. The summed E-state index contributed by atoms with van der Waals surface area (Å²) in [5.74, 6) is 0.558. The van der Waals surface area contributed by atoms with E-state index in [1.807, 2.05) is 42.5 Å². The lowest BCUT2D eigenvalue weighted by Crippen LogP contribution is -2.29. The van der Waals surface area contributed by atoms with Crippen LogP contribution in [0.15, 0.2) is 60.8 Å². The number of carbonyl (C=O) groups is 1. The van der Waals surface area contributed by atoms with Crippen LogP contribution < -0.4 is 15.6 Å². The van der Waals surface area contributed by atoms with E-state index >= 15 is 0 Å². The van der Waals surface area contributed by atoms with Crippen LogP contribution in [-0.4, -0.2) is 12.5 Å². The molecule has 0 saturated carbocycles. The smallest absolute Gasteiger partial charge is 0.253 e. The SMILES string of the molecule is O=C(NCCc1ccccc1)C1=CNOc2ccccc21. The van der Waals surface area contributed by atoms with Gasteiger partial charge in [-0.25, -0.2) is 5.48 Å². The van der Waals surface area contributed by atoms with E-state index in [0.29, 0.717) is 17.9 Å². The summed E-state index contributed by atoms with van der Waals surface area (Å²) in [5.41, 5.74) is 5.25. The minimum Gasteiger partial charge on any atom is -0.382 e. The van der Waals surface area contributed by atoms with Gasteiger partial charge in [0.25, 0.3) is 5.91 Å².